The fraction of sp³-hybridized carbons (Fsp3) is 0.111. The Labute approximate surface area is 148 Å². The van der Waals surface area contributed by atoms with Crippen LogP contribution in [-0.4, -0.2) is 22.9 Å². The van der Waals surface area contributed by atoms with Crippen molar-refractivity contribution in [1.29, 1.82) is 0 Å². The summed E-state index contributed by atoms with van der Waals surface area (Å²) in [6.45, 7) is 1.34. The molecule has 0 aliphatic carbocycles. The van der Waals surface area contributed by atoms with Gasteiger partial charge in [-0.3, -0.25) is 14.9 Å². The molecule has 0 bridgehead atoms. The van der Waals surface area contributed by atoms with Gasteiger partial charge in [-0.2, -0.15) is 0 Å². The molecule has 1 atom stereocenters. The Morgan fingerprint density at radius 1 is 1.23 bits per heavy atom. The molecule has 0 unspecified atom stereocenters. The summed E-state index contributed by atoms with van der Waals surface area (Å²) in [5.41, 5.74) is 0.297. The summed E-state index contributed by atoms with van der Waals surface area (Å²) < 4.78 is 18.4. The number of para-hydroxylation sites is 1. The normalized spacial score (nSPS) is 11.8. The predicted molar refractivity (Wildman–Crippen MR) is 92.7 cm³/mol. The molecule has 1 amide bonds. The lowest BCUT2D eigenvalue weighted by Gasteiger charge is -2.12. The van der Waals surface area contributed by atoms with E-state index in [1.807, 2.05) is 0 Å². The number of amides is 1. The van der Waals surface area contributed by atoms with Gasteiger partial charge in [0.25, 0.3) is 11.6 Å². The van der Waals surface area contributed by atoms with Gasteiger partial charge in [0.15, 0.2) is 6.10 Å². The van der Waals surface area contributed by atoms with E-state index in [1.165, 1.54) is 49.4 Å². The zero-order chi connectivity index (χ0) is 19.1. The maximum atomic E-state index is 13.5. The van der Waals surface area contributed by atoms with Crippen LogP contribution in [0.4, 0.5) is 15.8 Å². The molecule has 2 aromatic carbocycles. The molecule has 7 nitrogen and oxygen atoms in total. The SMILES string of the molecule is C[C@@H](OC(=O)/C=C/c1cccc([N+](=O)[O-])c1)C(=O)Nc1ccccc1F. The molecule has 1 N–H and O–H groups in total. The number of nitrogens with one attached hydrogen (secondary N) is 1. The van der Waals surface area contributed by atoms with Crippen LogP contribution in [0, 0.1) is 15.9 Å². The number of anilines is 1. The minimum Gasteiger partial charge on any atom is -0.449 e. The van der Waals surface area contributed by atoms with E-state index in [9.17, 15) is 24.1 Å². The Kier molecular flexibility index (Phi) is 6.15. The molecule has 0 fully saturated rings. The molecular formula is C18H15FN2O5. The molecule has 0 aliphatic rings. The third-order valence-corrected chi connectivity index (χ3v) is 3.29. The van der Waals surface area contributed by atoms with Crippen molar-refractivity contribution < 1.29 is 23.6 Å². The van der Waals surface area contributed by atoms with Gasteiger partial charge in [0, 0.05) is 18.2 Å². The van der Waals surface area contributed by atoms with Crippen LogP contribution in [0.1, 0.15) is 12.5 Å². The molecule has 134 valence electrons. The number of nitrogens with zero attached hydrogens (tertiary/aromatic N) is 1. The van der Waals surface area contributed by atoms with Crippen molar-refractivity contribution in [2.24, 2.45) is 0 Å². The zero-order valence-corrected chi connectivity index (χ0v) is 13.7. The lowest BCUT2D eigenvalue weighted by molar-refractivity contribution is -0.384. The molecule has 2 rings (SSSR count). The lowest BCUT2D eigenvalue weighted by Crippen LogP contribution is -2.29. The van der Waals surface area contributed by atoms with Gasteiger partial charge in [-0.15, -0.1) is 0 Å². The van der Waals surface area contributed by atoms with E-state index in [2.05, 4.69) is 5.32 Å². The summed E-state index contributed by atoms with van der Waals surface area (Å²) in [5.74, 6) is -2.11. The standard InChI is InChI=1S/C18H15FN2O5/c1-12(18(23)20-16-8-3-2-7-15(16)19)26-17(22)10-9-13-5-4-6-14(11-13)21(24)25/h2-12H,1H3,(H,20,23)/b10-9+/t12-/m1/s1. The number of ether oxygens (including phenoxy) is 1. The number of benzene rings is 2. The summed E-state index contributed by atoms with van der Waals surface area (Å²) in [4.78, 5) is 33.9. The molecule has 0 aliphatic heterocycles. The maximum Gasteiger partial charge on any atom is 0.331 e. The van der Waals surface area contributed by atoms with E-state index < -0.39 is 28.7 Å². The number of non-ortho nitro benzene ring substituents is 1. The Balaban J connectivity index is 1.94. The molecule has 0 aromatic heterocycles. The summed E-state index contributed by atoms with van der Waals surface area (Å²) in [6, 6.07) is 11.3. The van der Waals surface area contributed by atoms with Crippen LogP contribution in [0.2, 0.25) is 0 Å². The first-order valence-electron chi connectivity index (χ1n) is 7.55. The van der Waals surface area contributed by atoms with Gasteiger partial charge in [0.05, 0.1) is 10.6 Å². The Bertz CT molecular complexity index is 866. The molecule has 26 heavy (non-hydrogen) atoms. The van der Waals surface area contributed by atoms with Gasteiger partial charge in [0.2, 0.25) is 0 Å². The summed E-state index contributed by atoms with van der Waals surface area (Å²) >= 11 is 0. The second kappa shape index (κ2) is 8.52. The topological polar surface area (TPSA) is 98.5 Å². The Morgan fingerprint density at radius 3 is 2.65 bits per heavy atom. The van der Waals surface area contributed by atoms with Crippen LogP contribution in [0.5, 0.6) is 0 Å². The third-order valence-electron chi connectivity index (χ3n) is 3.29. The van der Waals surface area contributed by atoms with Gasteiger partial charge in [-0.1, -0.05) is 24.3 Å². The average molecular weight is 358 g/mol. The van der Waals surface area contributed by atoms with Crippen molar-refractivity contribution >= 4 is 29.3 Å². The number of hydrogen-bond donors (Lipinski definition) is 1. The molecule has 0 spiro atoms. The first-order valence-corrected chi connectivity index (χ1v) is 7.55. The number of esters is 1. The number of nitro groups is 1. The quantitative estimate of drug-likeness (QED) is 0.370. The fourth-order valence-corrected chi connectivity index (χ4v) is 1.97. The summed E-state index contributed by atoms with van der Waals surface area (Å²) in [5, 5.41) is 13.0. The van der Waals surface area contributed by atoms with Crippen molar-refractivity contribution in [3.63, 3.8) is 0 Å². The predicted octanol–water partition coefficient (Wildman–Crippen LogP) is 3.32. The van der Waals surface area contributed by atoms with Crippen molar-refractivity contribution in [3.05, 3.63) is 76.1 Å². The van der Waals surface area contributed by atoms with E-state index in [1.54, 1.807) is 12.1 Å². The monoisotopic (exact) mass is 358 g/mol. The van der Waals surface area contributed by atoms with Crippen LogP contribution >= 0.6 is 0 Å². The second-order valence-corrected chi connectivity index (χ2v) is 5.23. The molecular weight excluding hydrogens is 343 g/mol. The minimum atomic E-state index is -1.16. The van der Waals surface area contributed by atoms with E-state index in [4.69, 9.17) is 4.74 Å². The molecule has 0 radical (unpaired) electrons. The second-order valence-electron chi connectivity index (χ2n) is 5.23. The number of carbonyl (C=O) groups excluding carboxylic acids is 2. The highest BCUT2D eigenvalue weighted by atomic mass is 19.1. The molecule has 0 saturated carbocycles. The first kappa shape index (κ1) is 18.8. The van der Waals surface area contributed by atoms with Gasteiger partial charge in [-0.25, -0.2) is 9.18 Å². The van der Waals surface area contributed by atoms with E-state index in [0.717, 1.165) is 6.08 Å². The third kappa shape index (κ3) is 5.23. The van der Waals surface area contributed by atoms with Gasteiger partial charge >= 0.3 is 5.97 Å². The molecule has 0 heterocycles. The van der Waals surface area contributed by atoms with Crippen molar-refractivity contribution in [1.82, 2.24) is 0 Å². The fourth-order valence-electron chi connectivity index (χ4n) is 1.97. The first-order chi connectivity index (χ1) is 12.4. The van der Waals surface area contributed by atoms with Crippen LogP contribution in [-0.2, 0) is 14.3 Å². The van der Waals surface area contributed by atoms with Crippen LogP contribution in [0.3, 0.4) is 0 Å². The highest BCUT2D eigenvalue weighted by Crippen LogP contribution is 2.15. The molecule has 0 saturated heterocycles. The summed E-state index contributed by atoms with van der Waals surface area (Å²) in [7, 11) is 0. The number of carbonyl (C=O) groups is 2. The minimum absolute atomic E-state index is 0.0208. The number of nitro benzene ring substituents is 1. The highest BCUT2D eigenvalue weighted by molar-refractivity contribution is 5.96. The van der Waals surface area contributed by atoms with Gasteiger partial charge in [-0.05, 0) is 30.7 Å². The zero-order valence-electron chi connectivity index (χ0n) is 13.7. The molecule has 8 heteroatoms. The van der Waals surface area contributed by atoms with Gasteiger partial charge < -0.3 is 10.1 Å². The maximum absolute atomic E-state index is 13.5. The number of rotatable bonds is 6. The van der Waals surface area contributed by atoms with Crippen LogP contribution < -0.4 is 5.32 Å². The van der Waals surface area contributed by atoms with Crippen LogP contribution in [0.25, 0.3) is 6.08 Å². The highest BCUT2D eigenvalue weighted by Gasteiger charge is 2.17. The largest absolute Gasteiger partial charge is 0.449 e. The Hall–Kier alpha value is -3.55. The van der Waals surface area contributed by atoms with Crippen molar-refractivity contribution in [2.75, 3.05) is 5.32 Å². The number of halogens is 1. The van der Waals surface area contributed by atoms with Gasteiger partial charge in [0.1, 0.15) is 5.82 Å². The average Bonchev–Trinajstić information content (AvgIpc) is 2.62. The smallest absolute Gasteiger partial charge is 0.331 e. The van der Waals surface area contributed by atoms with E-state index >= 15 is 0 Å². The van der Waals surface area contributed by atoms with E-state index in [-0.39, 0.29) is 11.4 Å². The van der Waals surface area contributed by atoms with Crippen molar-refractivity contribution in [2.45, 2.75) is 13.0 Å². The number of hydrogen-bond acceptors (Lipinski definition) is 5. The van der Waals surface area contributed by atoms with Crippen LogP contribution in [0.15, 0.2) is 54.6 Å². The molecule has 2 aromatic rings. The lowest BCUT2D eigenvalue weighted by atomic mass is 10.2. The Morgan fingerprint density at radius 2 is 1.96 bits per heavy atom. The van der Waals surface area contributed by atoms with E-state index in [0.29, 0.717) is 5.56 Å². The summed E-state index contributed by atoms with van der Waals surface area (Å²) in [6.07, 6.45) is 1.22. The van der Waals surface area contributed by atoms with Crippen molar-refractivity contribution in [3.8, 4) is 0 Å².